The van der Waals surface area contributed by atoms with Gasteiger partial charge in [-0.2, -0.15) is 0 Å². The number of hydrogen-bond acceptors (Lipinski definition) is 4. The summed E-state index contributed by atoms with van der Waals surface area (Å²) in [6.45, 7) is 4.20. The van der Waals surface area contributed by atoms with Crippen molar-refractivity contribution in [3.63, 3.8) is 0 Å². The highest BCUT2D eigenvalue weighted by Gasteiger charge is 2.32. The third kappa shape index (κ3) is 4.58. The molecule has 0 bridgehead atoms. The highest BCUT2D eigenvalue weighted by molar-refractivity contribution is 8.00. The Kier molecular flexibility index (Phi) is 5.50. The lowest BCUT2D eigenvalue weighted by molar-refractivity contribution is -0.139. The van der Waals surface area contributed by atoms with Crippen LogP contribution in [0.5, 0.6) is 5.75 Å². The van der Waals surface area contributed by atoms with Gasteiger partial charge in [0.25, 0.3) is 0 Å². The highest BCUT2D eigenvalue weighted by Crippen LogP contribution is 2.27. The minimum atomic E-state index is -0.975. The van der Waals surface area contributed by atoms with Crippen LogP contribution in [0.15, 0.2) is 30.3 Å². The Bertz CT molecular complexity index is 381. The Hall–Kier alpha value is -1.20. The molecule has 0 unspecified atom stereocenters. The Morgan fingerprint density at radius 1 is 1.44 bits per heavy atom. The zero-order chi connectivity index (χ0) is 13.6. The first-order valence-electron chi connectivity index (χ1n) is 5.73. The molecule has 0 fully saturated rings. The van der Waals surface area contributed by atoms with E-state index in [-0.39, 0.29) is 0 Å². The van der Waals surface area contributed by atoms with Crippen molar-refractivity contribution in [3.05, 3.63) is 30.3 Å². The van der Waals surface area contributed by atoms with Gasteiger partial charge in [0.15, 0.2) is 0 Å². The number of ether oxygens (including phenoxy) is 1. The van der Waals surface area contributed by atoms with Crippen molar-refractivity contribution in [2.75, 3.05) is 12.4 Å². The van der Waals surface area contributed by atoms with Crippen LogP contribution >= 0.6 is 11.8 Å². The fraction of sp³-hybridized carbons (Fsp3) is 0.462. The van der Waals surface area contributed by atoms with Crippen LogP contribution in [0.3, 0.4) is 0 Å². The van der Waals surface area contributed by atoms with Crippen molar-refractivity contribution in [2.24, 2.45) is 5.73 Å². The number of benzene rings is 1. The maximum atomic E-state index is 10.8. The van der Waals surface area contributed by atoms with Gasteiger partial charge in [-0.1, -0.05) is 18.2 Å². The minimum Gasteiger partial charge on any atom is -0.493 e. The lowest BCUT2D eigenvalue weighted by Crippen LogP contribution is -2.47. The minimum absolute atomic E-state index is 0.508. The molecule has 100 valence electrons. The zero-order valence-corrected chi connectivity index (χ0v) is 11.4. The van der Waals surface area contributed by atoms with Crippen molar-refractivity contribution in [2.45, 2.75) is 24.6 Å². The van der Waals surface area contributed by atoms with E-state index in [0.717, 1.165) is 5.75 Å². The molecule has 1 rings (SSSR count). The molecule has 18 heavy (non-hydrogen) atoms. The van der Waals surface area contributed by atoms with Gasteiger partial charge in [-0.25, -0.2) is 0 Å². The van der Waals surface area contributed by atoms with Crippen LogP contribution in [0, 0.1) is 0 Å². The number of carboxylic acids is 1. The number of carboxylic acid groups (broad SMARTS) is 1. The topological polar surface area (TPSA) is 72.5 Å². The van der Waals surface area contributed by atoms with E-state index in [2.05, 4.69) is 0 Å². The largest absolute Gasteiger partial charge is 0.493 e. The predicted octanol–water partition coefficient (Wildman–Crippen LogP) is 1.99. The van der Waals surface area contributed by atoms with Gasteiger partial charge < -0.3 is 15.6 Å². The van der Waals surface area contributed by atoms with E-state index in [4.69, 9.17) is 15.6 Å². The van der Waals surface area contributed by atoms with E-state index in [1.807, 2.05) is 44.2 Å². The number of thioether (sulfide) groups is 1. The highest BCUT2D eigenvalue weighted by atomic mass is 32.2. The second-order valence-corrected chi connectivity index (χ2v) is 6.18. The van der Waals surface area contributed by atoms with Gasteiger partial charge in [-0.3, -0.25) is 4.79 Å². The summed E-state index contributed by atoms with van der Waals surface area (Å²) < 4.78 is 5.02. The van der Waals surface area contributed by atoms with Crippen molar-refractivity contribution in [3.8, 4) is 5.75 Å². The summed E-state index contributed by atoms with van der Waals surface area (Å²) in [7, 11) is 0. The fourth-order valence-corrected chi connectivity index (χ4v) is 2.34. The quantitative estimate of drug-likeness (QED) is 0.741. The normalized spacial score (nSPS) is 13.1. The van der Waals surface area contributed by atoms with Gasteiger partial charge in [0.05, 0.1) is 6.61 Å². The fourth-order valence-electron chi connectivity index (χ4n) is 1.37. The van der Waals surface area contributed by atoms with Gasteiger partial charge >= 0.3 is 5.97 Å². The van der Waals surface area contributed by atoms with Crippen LogP contribution in [0.4, 0.5) is 0 Å². The molecule has 1 aromatic carbocycles. The van der Waals surface area contributed by atoms with Crippen molar-refractivity contribution in [1.29, 1.82) is 0 Å². The molecular weight excluding hydrogens is 250 g/mol. The third-order valence-electron chi connectivity index (χ3n) is 2.58. The maximum Gasteiger partial charge on any atom is 0.321 e. The first-order chi connectivity index (χ1) is 8.43. The standard InChI is InChI=1S/C13H19NO3S/c1-13(2,11(14)12(15)16)18-9-8-17-10-6-4-3-5-7-10/h3-7,11H,8-9,14H2,1-2H3,(H,15,16)/t11-/m0/s1. The molecule has 1 aromatic rings. The summed E-state index contributed by atoms with van der Waals surface area (Å²) in [5.74, 6) is 0.540. The van der Waals surface area contributed by atoms with Crippen molar-refractivity contribution in [1.82, 2.24) is 0 Å². The molecule has 4 nitrogen and oxygen atoms in total. The monoisotopic (exact) mass is 269 g/mol. The molecule has 0 aromatic heterocycles. The molecular formula is C13H19NO3S. The van der Waals surface area contributed by atoms with Crippen LogP contribution in [0.1, 0.15) is 13.8 Å². The van der Waals surface area contributed by atoms with Crippen molar-refractivity contribution >= 4 is 17.7 Å². The molecule has 0 amide bonds. The van der Waals surface area contributed by atoms with Crippen LogP contribution in [-0.2, 0) is 4.79 Å². The Morgan fingerprint density at radius 2 is 2.06 bits per heavy atom. The van der Waals surface area contributed by atoms with Gasteiger partial charge in [0.2, 0.25) is 0 Å². The summed E-state index contributed by atoms with van der Waals surface area (Å²) in [4.78, 5) is 10.8. The van der Waals surface area contributed by atoms with E-state index in [1.54, 1.807) is 0 Å². The van der Waals surface area contributed by atoms with E-state index in [0.29, 0.717) is 12.4 Å². The van der Waals surface area contributed by atoms with E-state index < -0.39 is 16.8 Å². The van der Waals surface area contributed by atoms with Gasteiger partial charge in [-0.15, -0.1) is 11.8 Å². The van der Waals surface area contributed by atoms with Gasteiger partial charge in [0, 0.05) is 10.5 Å². The predicted molar refractivity (Wildman–Crippen MR) is 74.1 cm³/mol. The SMILES string of the molecule is CC(C)(SCCOc1ccccc1)[C@@H](N)C(=O)O. The maximum absolute atomic E-state index is 10.8. The molecule has 0 saturated carbocycles. The van der Waals surface area contributed by atoms with E-state index >= 15 is 0 Å². The van der Waals surface area contributed by atoms with Crippen LogP contribution in [0.2, 0.25) is 0 Å². The summed E-state index contributed by atoms with van der Waals surface area (Å²) in [6, 6.07) is 8.65. The van der Waals surface area contributed by atoms with E-state index in [9.17, 15) is 4.79 Å². The summed E-state index contributed by atoms with van der Waals surface area (Å²) in [6.07, 6.45) is 0. The molecule has 3 N–H and O–H groups in total. The van der Waals surface area contributed by atoms with Gasteiger partial charge in [-0.05, 0) is 26.0 Å². The summed E-state index contributed by atoms with van der Waals surface area (Å²) in [5.41, 5.74) is 5.63. The average molecular weight is 269 g/mol. The third-order valence-corrected chi connectivity index (χ3v) is 3.95. The molecule has 1 atom stereocenters. The Balaban J connectivity index is 2.31. The Labute approximate surface area is 112 Å². The lowest BCUT2D eigenvalue weighted by atomic mass is 10.1. The molecule has 0 aliphatic rings. The first kappa shape index (κ1) is 14.9. The second-order valence-electron chi connectivity index (χ2n) is 4.43. The Morgan fingerprint density at radius 3 is 2.61 bits per heavy atom. The average Bonchev–Trinajstić information content (AvgIpc) is 2.35. The molecule has 0 radical (unpaired) electrons. The molecule has 0 aliphatic carbocycles. The van der Waals surface area contributed by atoms with Crippen molar-refractivity contribution < 1.29 is 14.6 Å². The van der Waals surface area contributed by atoms with Crippen LogP contribution < -0.4 is 10.5 Å². The number of para-hydroxylation sites is 1. The number of hydrogen-bond donors (Lipinski definition) is 2. The second kappa shape index (κ2) is 6.66. The first-order valence-corrected chi connectivity index (χ1v) is 6.72. The molecule has 0 aliphatic heterocycles. The number of aliphatic carboxylic acids is 1. The number of rotatable bonds is 7. The molecule has 0 heterocycles. The van der Waals surface area contributed by atoms with Gasteiger partial charge in [0.1, 0.15) is 11.8 Å². The van der Waals surface area contributed by atoms with Crippen LogP contribution in [-0.4, -0.2) is 34.2 Å². The molecule has 0 spiro atoms. The molecule has 5 heteroatoms. The van der Waals surface area contributed by atoms with E-state index in [1.165, 1.54) is 11.8 Å². The zero-order valence-electron chi connectivity index (χ0n) is 10.6. The number of carbonyl (C=O) groups is 1. The number of nitrogens with two attached hydrogens (primary N) is 1. The lowest BCUT2D eigenvalue weighted by Gasteiger charge is -2.27. The summed E-state index contributed by atoms with van der Waals surface area (Å²) in [5, 5.41) is 8.88. The molecule has 0 saturated heterocycles. The summed E-state index contributed by atoms with van der Waals surface area (Å²) >= 11 is 1.50. The smallest absolute Gasteiger partial charge is 0.321 e. The van der Waals surface area contributed by atoms with Crippen LogP contribution in [0.25, 0.3) is 0 Å².